The van der Waals surface area contributed by atoms with Crippen LogP contribution in [-0.4, -0.2) is 43.0 Å². The maximum Gasteiger partial charge on any atom is 0.224 e. The van der Waals surface area contributed by atoms with Crippen molar-refractivity contribution >= 4 is 11.8 Å². The van der Waals surface area contributed by atoms with E-state index in [9.17, 15) is 9.59 Å². The number of hydrogen-bond acceptors (Lipinski definition) is 3. The van der Waals surface area contributed by atoms with Crippen LogP contribution in [0, 0.1) is 0 Å². The molecule has 1 aromatic carbocycles. The summed E-state index contributed by atoms with van der Waals surface area (Å²) in [4.78, 5) is 25.2. The van der Waals surface area contributed by atoms with E-state index in [0.717, 1.165) is 37.2 Å². The Bertz CT molecular complexity index is 508. The Morgan fingerprint density at radius 1 is 1.29 bits per heavy atom. The molecule has 0 atom stereocenters. The Hall–Kier alpha value is -2.04. The first-order valence-electron chi connectivity index (χ1n) is 7.27. The number of rotatable bonds is 4. The Labute approximate surface area is 125 Å². The standard InChI is InChI=1S/C16H22N2O3/c1-12(19)18-9-7-14(8-10-18)17-16(20)11-13-5-3-4-6-15(13)21-2/h3-6,14H,7-11H2,1-2H3,(H,17,20). The van der Waals surface area contributed by atoms with E-state index in [4.69, 9.17) is 4.74 Å². The molecule has 1 saturated heterocycles. The van der Waals surface area contributed by atoms with Gasteiger partial charge in [-0.25, -0.2) is 0 Å². The van der Waals surface area contributed by atoms with E-state index in [0.29, 0.717) is 6.42 Å². The van der Waals surface area contributed by atoms with Crippen LogP contribution in [0.2, 0.25) is 0 Å². The average molecular weight is 290 g/mol. The van der Waals surface area contributed by atoms with Gasteiger partial charge in [0.1, 0.15) is 5.75 Å². The molecule has 0 radical (unpaired) electrons. The van der Waals surface area contributed by atoms with E-state index >= 15 is 0 Å². The van der Waals surface area contributed by atoms with Crippen molar-refractivity contribution in [3.8, 4) is 5.75 Å². The van der Waals surface area contributed by atoms with Gasteiger partial charge >= 0.3 is 0 Å². The largest absolute Gasteiger partial charge is 0.496 e. The average Bonchev–Trinajstić information content (AvgIpc) is 2.48. The van der Waals surface area contributed by atoms with Crippen LogP contribution in [0.4, 0.5) is 0 Å². The van der Waals surface area contributed by atoms with E-state index in [-0.39, 0.29) is 17.9 Å². The molecule has 2 rings (SSSR count). The van der Waals surface area contributed by atoms with Crippen LogP contribution in [-0.2, 0) is 16.0 Å². The number of carbonyl (C=O) groups excluding carboxylic acids is 2. The normalized spacial score (nSPS) is 15.6. The summed E-state index contributed by atoms with van der Waals surface area (Å²) in [5, 5.41) is 3.05. The van der Waals surface area contributed by atoms with Gasteiger partial charge in [0.05, 0.1) is 13.5 Å². The van der Waals surface area contributed by atoms with Crippen molar-refractivity contribution in [2.45, 2.75) is 32.2 Å². The lowest BCUT2D eigenvalue weighted by Gasteiger charge is -2.31. The van der Waals surface area contributed by atoms with Crippen LogP contribution in [0.25, 0.3) is 0 Å². The van der Waals surface area contributed by atoms with E-state index < -0.39 is 0 Å². The number of hydrogen-bond donors (Lipinski definition) is 1. The maximum absolute atomic E-state index is 12.1. The van der Waals surface area contributed by atoms with Gasteiger partial charge in [0.25, 0.3) is 0 Å². The van der Waals surface area contributed by atoms with Crippen molar-refractivity contribution in [3.63, 3.8) is 0 Å². The van der Waals surface area contributed by atoms with Crippen molar-refractivity contribution in [2.24, 2.45) is 0 Å². The van der Waals surface area contributed by atoms with Gasteiger partial charge in [0.15, 0.2) is 0 Å². The fraction of sp³-hybridized carbons (Fsp3) is 0.500. The summed E-state index contributed by atoms with van der Waals surface area (Å²) in [6.07, 6.45) is 1.95. The van der Waals surface area contributed by atoms with Gasteiger partial charge in [-0.15, -0.1) is 0 Å². The number of carbonyl (C=O) groups is 2. The van der Waals surface area contributed by atoms with Gasteiger partial charge < -0.3 is 15.0 Å². The molecule has 1 fully saturated rings. The minimum absolute atomic E-state index is 0.000718. The van der Waals surface area contributed by atoms with Gasteiger partial charge in [0, 0.05) is 31.6 Å². The van der Waals surface area contributed by atoms with E-state index in [1.165, 1.54) is 0 Å². The number of piperidine rings is 1. The molecule has 1 aliphatic rings. The summed E-state index contributed by atoms with van der Waals surface area (Å²) in [6.45, 7) is 3.02. The molecule has 0 bridgehead atoms. The molecule has 5 nitrogen and oxygen atoms in total. The first-order chi connectivity index (χ1) is 10.1. The molecule has 1 aliphatic heterocycles. The highest BCUT2D eigenvalue weighted by Crippen LogP contribution is 2.18. The summed E-state index contributed by atoms with van der Waals surface area (Å²) in [5.41, 5.74) is 0.888. The van der Waals surface area contributed by atoms with E-state index in [1.807, 2.05) is 29.2 Å². The molecule has 1 aromatic rings. The van der Waals surface area contributed by atoms with Gasteiger partial charge in [-0.1, -0.05) is 18.2 Å². The van der Waals surface area contributed by atoms with Crippen molar-refractivity contribution in [1.82, 2.24) is 10.2 Å². The minimum atomic E-state index is 0.000718. The summed E-state index contributed by atoms with van der Waals surface area (Å²) >= 11 is 0. The second-order valence-corrected chi connectivity index (χ2v) is 5.34. The highest BCUT2D eigenvalue weighted by molar-refractivity contribution is 5.79. The topological polar surface area (TPSA) is 58.6 Å². The van der Waals surface area contributed by atoms with Crippen LogP contribution in [0.3, 0.4) is 0 Å². The maximum atomic E-state index is 12.1. The number of likely N-dealkylation sites (tertiary alicyclic amines) is 1. The van der Waals surface area contributed by atoms with Gasteiger partial charge in [-0.3, -0.25) is 9.59 Å². The molecular weight excluding hydrogens is 268 g/mol. The third-order valence-electron chi connectivity index (χ3n) is 3.85. The molecule has 21 heavy (non-hydrogen) atoms. The smallest absolute Gasteiger partial charge is 0.224 e. The summed E-state index contributed by atoms with van der Waals surface area (Å²) in [7, 11) is 1.61. The monoisotopic (exact) mass is 290 g/mol. The highest BCUT2D eigenvalue weighted by Gasteiger charge is 2.22. The van der Waals surface area contributed by atoms with E-state index in [2.05, 4.69) is 5.32 Å². The molecule has 1 heterocycles. The molecule has 0 spiro atoms. The number of methoxy groups -OCH3 is 1. The predicted molar refractivity (Wildman–Crippen MR) is 80.1 cm³/mol. The zero-order valence-corrected chi connectivity index (χ0v) is 12.6. The quantitative estimate of drug-likeness (QED) is 0.911. The second-order valence-electron chi connectivity index (χ2n) is 5.34. The Kier molecular flexibility index (Phi) is 5.20. The lowest BCUT2D eigenvalue weighted by molar-refractivity contribution is -0.130. The summed E-state index contributed by atoms with van der Waals surface area (Å²) in [5.74, 6) is 0.841. The zero-order chi connectivity index (χ0) is 15.2. The Balaban J connectivity index is 1.84. The van der Waals surface area contributed by atoms with Crippen molar-refractivity contribution in [1.29, 1.82) is 0 Å². The van der Waals surface area contributed by atoms with Crippen LogP contribution < -0.4 is 10.1 Å². The van der Waals surface area contributed by atoms with Crippen molar-refractivity contribution < 1.29 is 14.3 Å². The molecule has 1 N–H and O–H groups in total. The SMILES string of the molecule is COc1ccccc1CC(=O)NC1CCN(C(C)=O)CC1. The van der Waals surface area contributed by atoms with Gasteiger partial charge in [-0.05, 0) is 18.9 Å². The number of nitrogens with zero attached hydrogens (tertiary/aromatic N) is 1. The Morgan fingerprint density at radius 3 is 2.57 bits per heavy atom. The lowest BCUT2D eigenvalue weighted by Crippen LogP contribution is -2.46. The van der Waals surface area contributed by atoms with Crippen LogP contribution in [0.15, 0.2) is 24.3 Å². The number of benzene rings is 1. The number of para-hydroxylation sites is 1. The molecule has 5 heteroatoms. The fourth-order valence-electron chi connectivity index (χ4n) is 2.64. The van der Waals surface area contributed by atoms with Gasteiger partial charge in [-0.2, -0.15) is 0 Å². The minimum Gasteiger partial charge on any atom is -0.496 e. The molecule has 114 valence electrons. The number of nitrogens with one attached hydrogen (secondary N) is 1. The highest BCUT2D eigenvalue weighted by atomic mass is 16.5. The lowest BCUT2D eigenvalue weighted by atomic mass is 10.0. The van der Waals surface area contributed by atoms with Crippen molar-refractivity contribution in [3.05, 3.63) is 29.8 Å². The fourth-order valence-corrected chi connectivity index (χ4v) is 2.64. The van der Waals surface area contributed by atoms with Crippen LogP contribution in [0.5, 0.6) is 5.75 Å². The van der Waals surface area contributed by atoms with E-state index in [1.54, 1.807) is 14.0 Å². The second kappa shape index (κ2) is 7.11. The van der Waals surface area contributed by atoms with Crippen LogP contribution in [0.1, 0.15) is 25.3 Å². The Morgan fingerprint density at radius 2 is 1.95 bits per heavy atom. The number of amides is 2. The predicted octanol–water partition coefficient (Wildman–Crippen LogP) is 1.36. The first kappa shape index (κ1) is 15.4. The zero-order valence-electron chi connectivity index (χ0n) is 12.6. The van der Waals surface area contributed by atoms with Gasteiger partial charge in [0.2, 0.25) is 11.8 Å². The molecule has 2 amide bonds. The molecule has 0 saturated carbocycles. The summed E-state index contributed by atoms with van der Waals surface area (Å²) < 4.78 is 5.25. The molecule has 0 aromatic heterocycles. The third-order valence-corrected chi connectivity index (χ3v) is 3.85. The molecule has 0 unspecified atom stereocenters. The molecular formula is C16H22N2O3. The molecule has 0 aliphatic carbocycles. The number of ether oxygens (including phenoxy) is 1. The van der Waals surface area contributed by atoms with Crippen LogP contribution >= 0.6 is 0 Å². The first-order valence-corrected chi connectivity index (χ1v) is 7.27. The third kappa shape index (κ3) is 4.21. The summed E-state index contributed by atoms with van der Waals surface area (Å²) in [6, 6.07) is 7.70. The van der Waals surface area contributed by atoms with Crippen molar-refractivity contribution in [2.75, 3.05) is 20.2 Å².